The molecule has 0 aliphatic heterocycles. The van der Waals surface area contributed by atoms with Crippen LogP contribution in [0, 0.1) is 17.1 Å². The summed E-state index contributed by atoms with van der Waals surface area (Å²) in [5, 5.41) is 12.1. The van der Waals surface area contributed by atoms with E-state index in [0.717, 1.165) is 12.1 Å². The van der Waals surface area contributed by atoms with E-state index in [1.54, 1.807) is 24.3 Å². The third-order valence-electron chi connectivity index (χ3n) is 4.79. The third-order valence-corrected chi connectivity index (χ3v) is 4.79. The van der Waals surface area contributed by atoms with Gasteiger partial charge in [0.15, 0.2) is 23.0 Å². The average molecular weight is 476 g/mol. The lowest BCUT2D eigenvalue weighted by atomic mass is 10.1. The molecule has 0 radical (unpaired) electrons. The number of anilines is 1. The van der Waals surface area contributed by atoms with Crippen LogP contribution in [0.25, 0.3) is 6.08 Å². The Kier molecular flexibility index (Phi) is 8.03. The number of carbonyl (C=O) groups is 2. The lowest BCUT2D eigenvalue weighted by Crippen LogP contribution is -2.13. The molecule has 0 aliphatic carbocycles. The molecule has 0 fully saturated rings. The smallest absolute Gasteiger partial charge is 0.343 e. The lowest BCUT2D eigenvalue weighted by molar-refractivity contribution is -0.112. The molecular weight excluding hydrogens is 455 g/mol. The topological polar surface area (TPSA) is 107 Å². The second-order valence-electron chi connectivity index (χ2n) is 7.00. The zero-order valence-electron chi connectivity index (χ0n) is 19.1. The van der Waals surface area contributed by atoms with E-state index < -0.39 is 17.7 Å². The standard InChI is InChI=1S/C26H21FN2O6/c1-32-21-11-9-20(14-24(21)34-3)29-25(30)18(15-28)12-16-4-10-22(23(13-16)33-2)35-26(31)17-5-7-19(27)8-6-17/h4-14H,1-3H3,(H,29,30)/b18-12+. The highest BCUT2D eigenvalue weighted by atomic mass is 19.1. The maximum absolute atomic E-state index is 13.1. The number of ether oxygens (including phenoxy) is 4. The van der Waals surface area contributed by atoms with Crippen molar-refractivity contribution in [3.63, 3.8) is 0 Å². The Morgan fingerprint density at radius 3 is 2.11 bits per heavy atom. The number of hydrogen-bond donors (Lipinski definition) is 1. The fourth-order valence-electron chi connectivity index (χ4n) is 3.03. The van der Waals surface area contributed by atoms with Crippen molar-refractivity contribution in [2.75, 3.05) is 26.6 Å². The van der Waals surface area contributed by atoms with E-state index in [-0.39, 0.29) is 22.6 Å². The molecular formula is C26H21FN2O6. The molecule has 0 aliphatic rings. The van der Waals surface area contributed by atoms with Crippen molar-refractivity contribution in [1.82, 2.24) is 0 Å². The largest absolute Gasteiger partial charge is 0.493 e. The molecule has 0 saturated carbocycles. The van der Waals surface area contributed by atoms with Gasteiger partial charge in [-0.05, 0) is 60.2 Å². The minimum Gasteiger partial charge on any atom is -0.493 e. The highest BCUT2D eigenvalue weighted by Crippen LogP contribution is 2.31. The number of amides is 1. The van der Waals surface area contributed by atoms with Gasteiger partial charge in [-0.2, -0.15) is 5.26 Å². The summed E-state index contributed by atoms with van der Waals surface area (Å²) in [5.41, 5.74) is 0.866. The van der Waals surface area contributed by atoms with E-state index in [9.17, 15) is 19.2 Å². The van der Waals surface area contributed by atoms with Crippen LogP contribution in [0.15, 0.2) is 66.2 Å². The summed E-state index contributed by atoms with van der Waals surface area (Å²) in [7, 11) is 4.35. The fraction of sp³-hybridized carbons (Fsp3) is 0.115. The van der Waals surface area contributed by atoms with Crippen molar-refractivity contribution < 1.29 is 32.9 Å². The van der Waals surface area contributed by atoms with Crippen molar-refractivity contribution in [2.45, 2.75) is 0 Å². The quantitative estimate of drug-likeness (QED) is 0.219. The number of nitriles is 1. The fourth-order valence-corrected chi connectivity index (χ4v) is 3.03. The van der Waals surface area contributed by atoms with Gasteiger partial charge in [-0.25, -0.2) is 9.18 Å². The minimum atomic E-state index is -0.696. The van der Waals surface area contributed by atoms with Crippen LogP contribution < -0.4 is 24.3 Å². The van der Waals surface area contributed by atoms with Crippen LogP contribution in [0.2, 0.25) is 0 Å². The first-order valence-corrected chi connectivity index (χ1v) is 10.2. The molecule has 0 bridgehead atoms. The van der Waals surface area contributed by atoms with E-state index in [2.05, 4.69) is 5.32 Å². The molecule has 1 amide bonds. The monoisotopic (exact) mass is 476 g/mol. The van der Waals surface area contributed by atoms with Crippen molar-refractivity contribution in [3.05, 3.63) is 83.2 Å². The number of rotatable bonds is 8. The Morgan fingerprint density at radius 2 is 1.49 bits per heavy atom. The van der Waals surface area contributed by atoms with E-state index in [0.29, 0.717) is 22.7 Å². The zero-order chi connectivity index (χ0) is 25.4. The van der Waals surface area contributed by atoms with E-state index >= 15 is 0 Å². The van der Waals surface area contributed by atoms with E-state index in [1.807, 2.05) is 6.07 Å². The number of hydrogen-bond acceptors (Lipinski definition) is 7. The molecule has 35 heavy (non-hydrogen) atoms. The second-order valence-corrected chi connectivity index (χ2v) is 7.00. The lowest BCUT2D eigenvalue weighted by Gasteiger charge is -2.11. The SMILES string of the molecule is COc1ccc(NC(=O)/C(C#N)=C/c2ccc(OC(=O)c3ccc(F)cc3)c(OC)c2)cc1OC. The molecule has 0 heterocycles. The number of nitrogens with zero attached hydrogens (tertiary/aromatic N) is 1. The predicted molar refractivity (Wildman–Crippen MR) is 126 cm³/mol. The van der Waals surface area contributed by atoms with Gasteiger partial charge in [-0.3, -0.25) is 4.79 Å². The maximum atomic E-state index is 13.1. The number of halogens is 1. The van der Waals surface area contributed by atoms with Gasteiger partial charge in [-0.1, -0.05) is 6.07 Å². The van der Waals surface area contributed by atoms with Crippen molar-refractivity contribution in [1.29, 1.82) is 5.26 Å². The van der Waals surface area contributed by atoms with Crippen LogP contribution in [0.1, 0.15) is 15.9 Å². The predicted octanol–water partition coefficient (Wildman–Crippen LogP) is 4.62. The first kappa shape index (κ1) is 24.8. The third kappa shape index (κ3) is 6.15. The summed E-state index contributed by atoms with van der Waals surface area (Å²) < 4.78 is 34.1. The minimum absolute atomic E-state index is 0.118. The first-order valence-electron chi connectivity index (χ1n) is 10.2. The molecule has 0 spiro atoms. The summed E-state index contributed by atoms with van der Waals surface area (Å²) in [6.07, 6.45) is 1.37. The van der Waals surface area contributed by atoms with Gasteiger partial charge in [0, 0.05) is 11.8 Å². The molecule has 0 atom stereocenters. The molecule has 1 N–H and O–H groups in total. The zero-order valence-corrected chi connectivity index (χ0v) is 19.1. The van der Waals surface area contributed by atoms with Gasteiger partial charge in [0.2, 0.25) is 0 Å². The summed E-state index contributed by atoms with van der Waals surface area (Å²) >= 11 is 0. The molecule has 0 unspecified atom stereocenters. The molecule has 9 heteroatoms. The van der Waals surface area contributed by atoms with Crippen molar-refractivity contribution >= 4 is 23.6 Å². The average Bonchev–Trinajstić information content (AvgIpc) is 2.88. The Morgan fingerprint density at radius 1 is 0.857 bits per heavy atom. The van der Waals surface area contributed by atoms with Crippen LogP contribution >= 0.6 is 0 Å². The van der Waals surface area contributed by atoms with Crippen LogP contribution in [-0.2, 0) is 4.79 Å². The van der Waals surface area contributed by atoms with Gasteiger partial charge < -0.3 is 24.3 Å². The summed E-state index contributed by atoms with van der Waals surface area (Å²) in [6, 6.07) is 16.1. The van der Waals surface area contributed by atoms with Gasteiger partial charge in [0.25, 0.3) is 5.91 Å². The van der Waals surface area contributed by atoms with Gasteiger partial charge in [0.05, 0.1) is 26.9 Å². The van der Waals surface area contributed by atoms with Crippen LogP contribution in [0.4, 0.5) is 10.1 Å². The highest BCUT2D eigenvalue weighted by molar-refractivity contribution is 6.09. The van der Waals surface area contributed by atoms with E-state index in [4.69, 9.17) is 18.9 Å². The molecule has 3 aromatic rings. The Bertz CT molecular complexity index is 1310. The van der Waals surface area contributed by atoms with Crippen LogP contribution in [0.5, 0.6) is 23.0 Å². The molecule has 3 aromatic carbocycles. The second kappa shape index (κ2) is 11.3. The number of benzene rings is 3. The molecule has 3 rings (SSSR count). The molecule has 178 valence electrons. The first-order chi connectivity index (χ1) is 16.9. The number of carbonyl (C=O) groups excluding carboxylic acids is 2. The Hall–Kier alpha value is -4.84. The van der Waals surface area contributed by atoms with Crippen molar-refractivity contribution in [2.24, 2.45) is 0 Å². The van der Waals surface area contributed by atoms with Gasteiger partial charge in [0.1, 0.15) is 17.5 Å². The van der Waals surface area contributed by atoms with Crippen LogP contribution in [0.3, 0.4) is 0 Å². The van der Waals surface area contributed by atoms with Crippen LogP contribution in [-0.4, -0.2) is 33.2 Å². The number of nitrogens with one attached hydrogen (secondary N) is 1. The van der Waals surface area contributed by atoms with Crippen molar-refractivity contribution in [3.8, 4) is 29.1 Å². The number of methoxy groups -OCH3 is 3. The maximum Gasteiger partial charge on any atom is 0.343 e. The molecule has 0 aromatic heterocycles. The highest BCUT2D eigenvalue weighted by Gasteiger charge is 2.15. The summed E-state index contributed by atoms with van der Waals surface area (Å²) in [6.45, 7) is 0. The van der Waals surface area contributed by atoms with Gasteiger partial charge >= 0.3 is 5.97 Å². The Balaban J connectivity index is 1.79. The Labute approximate surface area is 201 Å². The van der Waals surface area contributed by atoms with E-state index in [1.165, 1.54) is 51.7 Å². The number of esters is 1. The summed E-state index contributed by atoms with van der Waals surface area (Å²) in [5.74, 6) is -0.570. The molecule has 0 saturated heterocycles. The van der Waals surface area contributed by atoms with Gasteiger partial charge in [-0.15, -0.1) is 0 Å². The molecule has 8 nitrogen and oxygen atoms in total. The normalized spacial score (nSPS) is 10.7. The summed E-state index contributed by atoms with van der Waals surface area (Å²) in [4.78, 5) is 25.0.